The molecule has 0 aromatic heterocycles. The molecule has 0 spiro atoms. The van der Waals surface area contributed by atoms with Gasteiger partial charge in [0.05, 0.1) is 29.9 Å². The predicted octanol–water partition coefficient (Wildman–Crippen LogP) is 3.21. The average molecular weight is 549 g/mol. The molecule has 1 aliphatic heterocycles. The minimum atomic E-state index is -4.38. The van der Waals surface area contributed by atoms with Crippen LogP contribution in [-0.4, -0.2) is 61.0 Å². The number of ether oxygens (including phenoxy) is 1. The van der Waals surface area contributed by atoms with Crippen LogP contribution in [0, 0.1) is 0 Å². The highest BCUT2D eigenvalue weighted by Gasteiger charge is 2.29. The van der Waals surface area contributed by atoms with Crippen LogP contribution in [0.5, 0.6) is 0 Å². The van der Waals surface area contributed by atoms with Crippen molar-refractivity contribution in [2.75, 3.05) is 17.6 Å². The molecule has 0 saturated carbocycles. The van der Waals surface area contributed by atoms with Crippen LogP contribution in [-0.2, 0) is 32.7 Å². The highest BCUT2D eigenvalue weighted by molar-refractivity contribution is 8.14. The number of methoxy groups -OCH3 is 1. The SMILES string of the molecule is CCCC1CSC([C@H](Cc2ccc(NS(=O)(=O)O)cc2)NC(=O)[C@H](Cc2ccccc2)NC(=O)OC)=N1. The van der Waals surface area contributed by atoms with Crippen molar-refractivity contribution < 1.29 is 27.3 Å². The second-order valence-corrected chi connectivity index (χ2v) is 10.8. The third-order valence-electron chi connectivity index (χ3n) is 5.69. The van der Waals surface area contributed by atoms with Gasteiger partial charge in [-0.05, 0) is 36.1 Å². The van der Waals surface area contributed by atoms with E-state index in [-0.39, 0.29) is 24.1 Å². The fourth-order valence-electron chi connectivity index (χ4n) is 3.93. The van der Waals surface area contributed by atoms with Gasteiger partial charge in [-0.2, -0.15) is 8.42 Å². The van der Waals surface area contributed by atoms with Crippen molar-refractivity contribution in [3.8, 4) is 0 Å². The third kappa shape index (κ3) is 9.38. The Bertz CT molecular complexity index is 1190. The van der Waals surface area contributed by atoms with E-state index in [1.165, 1.54) is 19.2 Å². The Morgan fingerprint density at radius 3 is 2.38 bits per heavy atom. The second-order valence-electron chi connectivity index (χ2n) is 8.64. The highest BCUT2D eigenvalue weighted by atomic mass is 32.2. The molecule has 0 radical (unpaired) electrons. The number of hydrogen-bond donors (Lipinski definition) is 4. The summed E-state index contributed by atoms with van der Waals surface area (Å²) in [6, 6.07) is 14.7. The summed E-state index contributed by atoms with van der Waals surface area (Å²) in [6.45, 7) is 2.10. The van der Waals surface area contributed by atoms with Crippen molar-refractivity contribution in [3.63, 3.8) is 0 Å². The normalized spacial score (nSPS) is 16.8. The van der Waals surface area contributed by atoms with Crippen LogP contribution in [0.15, 0.2) is 59.6 Å². The minimum absolute atomic E-state index is 0.180. The first-order chi connectivity index (χ1) is 17.7. The van der Waals surface area contributed by atoms with Crippen molar-refractivity contribution in [2.45, 2.75) is 50.7 Å². The van der Waals surface area contributed by atoms with Crippen LogP contribution in [0.3, 0.4) is 0 Å². The molecule has 0 bridgehead atoms. The second kappa shape index (κ2) is 13.5. The first kappa shape index (κ1) is 28.5. The number of amides is 2. The Morgan fingerprint density at radius 2 is 1.76 bits per heavy atom. The monoisotopic (exact) mass is 548 g/mol. The topological polar surface area (TPSA) is 146 Å². The van der Waals surface area contributed by atoms with Gasteiger partial charge in [-0.25, -0.2) is 4.79 Å². The molecule has 10 nitrogen and oxygen atoms in total. The van der Waals surface area contributed by atoms with Gasteiger partial charge in [0, 0.05) is 12.2 Å². The number of nitrogens with zero attached hydrogens (tertiary/aromatic N) is 1. The van der Waals surface area contributed by atoms with Gasteiger partial charge in [0.2, 0.25) is 5.91 Å². The minimum Gasteiger partial charge on any atom is -0.453 e. The van der Waals surface area contributed by atoms with Crippen LogP contribution < -0.4 is 15.4 Å². The van der Waals surface area contributed by atoms with Crippen LogP contribution in [0.1, 0.15) is 30.9 Å². The Morgan fingerprint density at radius 1 is 1.08 bits per heavy atom. The van der Waals surface area contributed by atoms with E-state index in [2.05, 4.69) is 17.6 Å². The molecule has 0 aliphatic carbocycles. The molecular formula is C25H32N4O6S2. The van der Waals surface area contributed by atoms with Crippen molar-refractivity contribution in [1.29, 1.82) is 0 Å². The molecule has 2 aromatic rings. The number of anilines is 1. The summed E-state index contributed by atoms with van der Waals surface area (Å²) in [6.07, 6.45) is 1.93. The summed E-state index contributed by atoms with van der Waals surface area (Å²) >= 11 is 1.60. The predicted molar refractivity (Wildman–Crippen MR) is 145 cm³/mol. The molecule has 200 valence electrons. The molecule has 2 amide bonds. The maximum absolute atomic E-state index is 13.4. The fraction of sp³-hybridized carbons (Fsp3) is 0.400. The molecule has 37 heavy (non-hydrogen) atoms. The number of carbonyl (C=O) groups excluding carboxylic acids is 2. The maximum Gasteiger partial charge on any atom is 0.407 e. The van der Waals surface area contributed by atoms with E-state index in [9.17, 15) is 18.0 Å². The first-order valence-corrected chi connectivity index (χ1v) is 14.3. The standard InChI is InChI=1S/C25H32N4O6S2/c1-3-7-20-16-36-24(26-20)22(15-18-10-12-19(13-11-18)29-37(32,33)34)27-23(30)21(28-25(31)35-2)14-17-8-5-4-6-9-17/h4-6,8-13,20-22,29H,3,7,14-16H2,1-2H3,(H,27,30)(H,28,31)(H,32,33,34)/t20?,21-,22-/m0/s1. The lowest BCUT2D eigenvalue weighted by molar-refractivity contribution is -0.123. The fourth-order valence-corrected chi connectivity index (χ4v) is 5.54. The van der Waals surface area contributed by atoms with Crippen molar-refractivity contribution in [3.05, 3.63) is 65.7 Å². The number of benzene rings is 2. The summed E-state index contributed by atoms with van der Waals surface area (Å²) in [4.78, 5) is 30.3. The van der Waals surface area contributed by atoms with Gasteiger partial charge in [0.25, 0.3) is 0 Å². The largest absolute Gasteiger partial charge is 0.453 e. The lowest BCUT2D eigenvalue weighted by Gasteiger charge is -2.23. The van der Waals surface area contributed by atoms with E-state index in [1.807, 2.05) is 35.1 Å². The zero-order valence-corrected chi connectivity index (χ0v) is 22.3. The van der Waals surface area contributed by atoms with Gasteiger partial charge in [0.1, 0.15) is 6.04 Å². The van der Waals surface area contributed by atoms with Gasteiger partial charge in [-0.1, -0.05) is 55.8 Å². The Labute approximate surface area is 221 Å². The highest BCUT2D eigenvalue weighted by Crippen LogP contribution is 2.25. The molecule has 4 N–H and O–H groups in total. The van der Waals surface area contributed by atoms with Gasteiger partial charge >= 0.3 is 16.4 Å². The van der Waals surface area contributed by atoms with Gasteiger partial charge in [0.15, 0.2) is 0 Å². The number of hydrogen-bond acceptors (Lipinski definition) is 7. The van der Waals surface area contributed by atoms with Crippen LogP contribution in [0.25, 0.3) is 0 Å². The molecule has 0 saturated heterocycles. The Kier molecular flexibility index (Phi) is 10.4. The lowest BCUT2D eigenvalue weighted by atomic mass is 10.0. The molecule has 3 atom stereocenters. The first-order valence-electron chi connectivity index (χ1n) is 11.9. The Balaban J connectivity index is 1.81. The van der Waals surface area contributed by atoms with Crippen LogP contribution in [0.2, 0.25) is 0 Å². The summed E-state index contributed by atoms with van der Waals surface area (Å²) in [5.74, 6) is 0.465. The van der Waals surface area contributed by atoms with Gasteiger partial charge in [-0.15, -0.1) is 11.8 Å². The molecule has 1 aliphatic rings. The van der Waals surface area contributed by atoms with E-state index in [0.717, 1.165) is 34.8 Å². The number of alkyl carbamates (subject to hydrolysis) is 1. The van der Waals surface area contributed by atoms with Gasteiger partial charge in [-0.3, -0.25) is 19.1 Å². The summed E-state index contributed by atoms with van der Waals surface area (Å²) in [7, 11) is -3.13. The smallest absolute Gasteiger partial charge is 0.407 e. The quantitative estimate of drug-likeness (QED) is 0.298. The molecule has 12 heteroatoms. The van der Waals surface area contributed by atoms with Crippen LogP contribution in [0.4, 0.5) is 10.5 Å². The number of nitrogens with one attached hydrogen (secondary N) is 3. The summed E-state index contributed by atoms with van der Waals surface area (Å²) in [5, 5.41) is 6.49. The van der Waals surface area contributed by atoms with E-state index in [0.29, 0.717) is 6.42 Å². The average Bonchev–Trinajstić information content (AvgIpc) is 3.33. The van der Waals surface area contributed by atoms with E-state index >= 15 is 0 Å². The van der Waals surface area contributed by atoms with Crippen molar-refractivity contribution >= 4 is 44.8 Å². The number of rotatable bonds is 12. The van der Waals surface area contributed by atoms with Crippen molar-refractivity contribution in [1.82, 2.24) is 10.6 Å². The van der Waals surface area contributed by atoms with E-state index in [4.69, 9.17) is 14.3 Å². The third-order valence-corrected chi connectivity index (χ3v) is 7.42. The number of carbonyl (C=O) groups is 2. The summed E-state index contributed by atoms with van der Waals surface area (Å²) in [5.41, 5.74) is 1.93. The summed E-state index contributed by atoms with van der Waals surface area (Å²) < 4.78 is 37.9. The molecule has 1 unspecified atom stereocenters. The van der Waals surface area contributed by atoms with E-state index in [1.54, 1.807) is 23.9 Å². The lowest BCUT2D eigenvalue weighted by Crippen LogP contribution is -2.52. The van der Waals surface area contributed by atoms with E-state index < -0.39 is 28.5 Å². The number of aliphatic imine (C=N–C) groups is 1. The van der Waals surface area contributed by atoms with Gasteiger partial charge < -0.3 is 15.4 Å². The Hall–Kier alpha value is -3.09. The molecule has 3 rings (SSSR count). The molecule has 1 heterocycles. The zero-order valence-electron chi connectivity index (χ0n) is 20.7. The zero-order chi connectivity index (χ0) is 26.8. The maximum atomic E-state index is 13.4. The van der Waals surface area contributed by atoms with Crippen LogP contribution >= 0.6 is 11.8 Å². The van der Waals surface area contributed by atoms with Crippen molar-refractivity contribution in [2.24, 2.45) is 4.99 Å². The number of thioether (sulfide) groups is 1. The molecule has 2 aromatic carbocycles. The molecule has 0 fully saturated rings. The molecular weight excluding hydrogens is 516 g/mol.